The number of hydrogen-bond donors (Lipinski definition) is 0. The Bertz CT molecular complexity index is 1200. The van der Waals surface area contributed by atoms with Gasteiger partial charge in [0, 0.05) is 10.6 Å². The Morgan fingerprint density at radius 2 is 1.39 bits per heavy atom. The number of carbonyl (C=O) groups is 3. The average molecular weight is 472 g/mol. The highest BCUT2D eigenvalue weighted by atomic mass is 35.5. The molecule has 0 spiro atoms. The van der Waals surface area contributed by atoms with Gasteiger partial charge in [0.2, 0.25) is 5.62 Å². The van der Waals surface area contributed by atoms with E-state index >= 15 is 0 Å². The molecular formula is C24H26ClN3O5. The number of fused-ring (bicyclic) bond motifs is 1. The molecule has 0 aliphatic carbocycles. The molecule has 3 rings (SSSR count). The number of ether oxygens (including phenoxy) is 2. The molecule has 0 fully saturated rings. The first-order chi connectivity index (χ1) is 15.8. The van der Waals surface area contributed by atoms with Gasteiger partial charge in [-0.25, -0.2) is 9.59 Å². The summed E-state index contributed by atoms with van der Waals surface area (Å²) in [5.74, 6) is -1.54. The van der Waals surface area contributed by atoms with Crippen molar-refractivity contribution < 1.29 is 23.9 Å². The summed E-state index contributed by atoms with van der Waals surface area (Å²) >= 11 is 6.05. The Hall–Kier alpha value is -3.39. The number of rotatable bonds is 7. The summed E-state index contributed by atoms with van der Waals surface area (Å²) in [7, 11) is 0. The van der Waals surface area contributed by atoms with Crippen LogP contribution in [0.2, 0.25) is 5.02 Å². The van der Waals surface area contributed by atoms with E-state index in [1.165, 1.54) is 6.07 Å². The summed E-state index contributed by atoms with van der Waals surface area (Å²) in [5, 5.41) is 0.393. The number of carbonyl (C=O) groups excluding carboxylic acids is 3. The first-order valence-electron chi connectivity index (χ1n) is 10.7. The molecule has 1 amide bonds. The molecule has 174 valence electrons. The Kier molecular flexibility index (Phi) is 7.71. The lowest BCUT2D eigenvalue weighted by Crippen LogP contribution is -2.36. The van der Waals surface area contributed by atoms with Crippen LogP contribution in [0, 0.1) is 0 Å². The van der Waals surface area contributed by atoms with Crippen LogP contribution in [0.3, 0.4) is 0 Å². The summed E-state index contributed by atoms with van der Waals surface area (Å²) in [5.41, 5.74) is 1.64. The van der Waals surface area contributed by atoms with Crippen LogP contribution in [-0.2, 0) is 19.1 Å². The summed E-state index contributed by atoms with van der Waals surface area (Å²) in [6, 6.07) is 12.0. The topological polar surface area (TPSA) is 91.9 Å². The van der Waals surface area contributed by atoms with Crippen molar-refractivity contribution in [2.24, 2.45) is 4.99 Å². The third kappa shape index (κ3) is 5.01. The van der Waals surface area contributed by atoms with Gasteiger partial charge in [-0.15, -0.1) is 0 Å². The Labute approximate surface area is 196 Å². The van der Waals surface area contributed by atoms with Gasteiger partial charge in [0.25, 0.3) is 5.91 Å². The zero-order valence-electron chi connectivity index (χ0n) is 18.9. The second-order valence-corrected chi connectivity index (χ2v) is 7.75. The average Bonchev–Trinajstić information content (AvgIpc) is 3.11. The summed E-state index contributed by atoms with van der Waals surface area (Å²) in [6.45, 7) is 7.16. The zero-order valence-corrected chi connectivity index (χ0v) is 19.7. The Morgan fingerprint density at radius 3 is 1.85 bits per heavy atom. The monoisotopic (exact) mass is 471 g/mol. The normalized spacial score (nSPS) is 12.8. The molecule has 1 aromatic heterocycles. The molecule has 9 heteroatoms. The van der Waals surface area contributed by atoms with Crippen LogP contribution in [0.4, 0.5) is 0 Å². The van der Waals surface area contributed by atoms with Crippen molar-refractivity contribution in [1.82, 2.24) is 9.13 Å². The van der Waals surface area contributed by atoms with Crippen molar-refractivity contribution in [3.63, 3.8) is 0 Å². The lowest BCUT2D eigenvalue weighted by Gasteiger charge is -2.15. The van der Waals surface area contributed by atoms with Crippen LogP contribution in [0.5, 0.6) is 0 Å². The van der Waals surface area contributed by atoms with Crippen molar-refractivity contribution in [3.8, 4) is 0 Å². The molecule has 2 atom stereocenters. The number of aromatic nitrogens is 2. The van der Waals surface area contributed by atoms with Crippen LogP contribution < -0.4 is 5.62 Å². The third-order valence-corrected chi connectivity index (χ3v) is 5.37. The minimum atomic E-state index is -0.809. The maximum atomic E-state index is 13.1. The quantitative estimate of drug-likeness (QED) is 0.484. The molecule has 2 aromatic carbocycles. The van der Waals surface area contributed by atoms with Crippen molar-refractivity contribution in [3.05, 3.63) is 64.7 Å². The summed E-state index contributed by atoms with van der Waals surface area (Å²) in [4.78, 5) is 42.8. The van der Waals surface area contributed by atoms with E-state index in [0.717, 1.165) is 0 Å². The number of esters is 2. The van der Waals surface area contributed by atoms with Crippen molar-refractivity contribution >= 4 is 40.5 Å². The highest BCUT2D eigenvalue weighted by molar-refractivity contribution is 6.31. The lowest BCUT2D eigenvalue weighted by atomic mass is 10.2. The predicted molar refractivity (Wildman–Crippen MR) is 124 cm³/mol. The Balaban J connectivity index is 2.35. The highest BCUT2D eigenvalue weighted by Crippen LogP contribution is 2.22. The zero-order chi connectivity index (χ0) is 24.1. The Morgan fingerprint density at radius 1 is 0.879 bits per heavy atom. The van der Waals surface area contributed by atoms with Gasteiger partial charge in [0.15, 0.2) is 0 Å². The van der Waals surface area contributed by atoms with E-state index < -0.39 is 29.9 Å². The molecule has 0 saturated heterocycles. The van der Waals surface area contributed by atoms with E-state index in [4.69, 9.17) is 21.1 Å². The maximum absolute atomic E-state index is 13.1. The number of benzene rings is 2. The van der Waals surface area contributed by atoms with Gasteiger partial charge in [-0.05, 0) is 58.0 Å². The minimum absolute atomic E-state index is 0.127. The van der Waals surface area contributed by atoms with E-state index in [9.17, 15) is 14.4 Å². The fourth-order valence-corrected chi connectivity index (χ4v) is 3.78. The maximum Gasteiger partial charge on any atom is 0.328 e. The molecule has 0 N–H and O–H groups in total. The minimum Gasteiger partial charge on any atom is -0.464 e. The molecule has 2 unspecified atom stereocenters. The second kappa shape index (κ2) is 10.5. The fourth-order valence-electron chi connectivity index (χ4n) is 3.59. The van der Waals surface area contributed by atoms with E-state index in [-0.39, 0.29) is 24.4 Å². The molecule has 8 nitrogen and oxygen atoms in total. The number of imidazole rings is 1. The molecule has 0 aliphatic heterocycles. The standard InChI is InChI=1S/C24H26ClN3O5/c1-5-32-22(30)15(3)27-19-12-7-8-13-20(19)28(16(4)23(31)33-6-2)24(27)26-21(29)17-10-9-11-18(25)14-17/h7-16H,5-6H2,1-4H3. The first kappa shape index (κ1) is 24.3. The number of amides is 1. The van der Waals surface area contributed by atoms with Crippen LogP contribution in [0.15, 0.2) is 53.5 Å². The summed E-state index contributed by atoms with van der Waals surface area (Å²) in [6.07, 6.45) is 0. The van der Waals surface area contributed by atoms with Crippen molar-refractivity contribution in [2.45, 2.75) is 39.8 Å². The fraction of sp³-hybridized carbons (Fsp3) is 0.333. The predicted octanol–water partition coefficient (Wildman–Crippen LogP) is 4.09. The SMILES string of the molecule is CCOC(=O)C(C)n1c(=NC(=O)c2cccc(Cl)c2)n(C(C)C(=O)OCC)c2ccccc21. The summed E-state index contributed by atoms with van der Waals surface area (Å²) < 4.78 is 13.6. The number of hydrogen-bond acceptors (Lipinski definition) is 5. The van der Waals surface area contributed by atoms with Gasteiger partial charge >= 0.3 is 11.9 Å². The number of para-hydroxylation sites is 2. The van der Waals surface area contributed by atoms with Gasteiger partial charge in [0.1, 0.15) is 12.1 Å². The number of halogens is 1. The van der Waals surface area contributed by atoms with E-state index in [1.54, 1.807) is 79.3 Å². The highest BCUT2D eigenvalue weighted by Gasteiger charge is 2.27. The molecule has 0 saturated carbocycles. The van der Waals surface area contributed by atoms with Gasteiger partial charge < -0.3 is 9.47 Å². The van der Waals surface area contributed by atoms with Gasteiger partial charge in [-0.2, -0.15) is 4.99 Å². The van der Waals surface area contributed by atoms with Crippen molar-refractivity contribution in [1.29, 1.82) is 0 Å². The first-order valence-corrected chi connectivity index (χ1v) is 11.1. The van der Waals surface area contributed by atoms with E-state index in [0.29, 0.717) is 16.1 Å². The van der Waals surface area contributed by atoms with Crippen molar-refractivity contribution in [2.75, 3.05) is 13.2 Å². The van der Waals surface area contributed by atoms with Crippen LogP contribution in [0.25, 0.3) is 11.0 Å². The number of nitrogens with zero attached hydrogens (tertiary/aromatic N) is 3. The molecule has 0 radical (unpaired) electrons. The van der Waals surface area contributed by atoms with Gasteiger partial charge in [0.05, 0.1) is 24.2 Å². The molecule has 3 aromatic rings. The largest absolute Gasteiger partial charge is 0.464 e. The van der Waals surface area contributed by atoms with Crippen LogP contribution in [-0.4, -0.2) is 40.2 Å². The third-order valence-electron chi connectivity index (χ3n) is 5.13. The lowest BCUT2D eigenvalue weighted by molar-refractivity contribution is -0.146. The molecule has 33 heavy (non-hydrogen) atoms. The van der Waals surface area contributed by atoms with Crippen LogP contribution in [0.1, 0.15) is 50.1 Å². The molecule has 0 aliphatic rings. The smallest absolute Gasteiger partial charge is 0.328 e. The van der Waals surface area contributed by atoms with E-state index in [1.807, 2.05) is 0 Å². The van der Waals surface area contributed by atoms with Gasteiger partial charge in [-0.3, -0.25) is 13.9 Å². The van der Waals surface area contributed by atoms with E-state index in [2.05, 4.69) is 4.99 Å². The molecular weight excluding hydrogens is 446 g/mol. The van der Waals surface area contributed by atoms with Gasteiger partial charge in [-0.1, -0.05) is 29.8 Å². The molecule has 1 heterocycles. The second-order valence-electron chi connectivity index (χ2n) is 7.31. The van der Waals surface area contributed by atoms with Crippen LogP contribution >= 0.6 is 11.6 Å². The molecule has 0 bridgehead atoms.